The highest BCUT2D eigenvalue weighted by atomic mass is 31.2. The summed E-state index contributed by atoms with van der Waals surface area (Å²) in [4.78, 5) is 24.9. The predicted octanol–water partition coefficient (Wildman–Crippen LogP) is 11.8. The van der Waals surface area contributed by atoms with E-state index in [0.29, 0.717) is 17.4 Å². The third-order valence-corrected chi connectivity index (χ3v) is 10.4. The Bertz CT molecular complexity index is 1140. The zero-order valence-corrected chi connectivity index (χ0v) is 37.5. The molecule has 0 aliphatic heterocycles. The van der Waals surface area contributed by atoms with Crippen LogP contribution in [-0.2, 0) is 18.4 Å². The molecule has 0 saturated carbocycles. The van der Waals surface area contributed by atoms with Gasteiger partial charge in [-0.1, -0.05) is 177 Å². The highest BCUT2D eigenvalue weighted by molar-refractivity contribution is 7.45. The number of amides is 1. The van der Waals surface area contributed by atoms with Crippen molar-refractivity contribution < 1.29 is 32.9 Å². The van der Waals surface area contributed by atoms with Crippen LogP contribution in [0.25, 0.3) is 0 Å². The van der Waals surface area contributed by atoms with E-state index in [9.17, 15) is 19.4 Å². The molecule has 9 heteroatoms. The maximum atomic E-state index is 12.7. The van der Waals surface area contributed by atoms with Crippen molar-refractivity contribution in [1.29, 1.82) is 0 Å². The molecule has 0 aliphatic rings. The molecule has 0 aromatic heterocycles. The van der Waals surface area contributed by atoms with Gasteiger partial charge in [-0.15, -0.1) is 0 Å². The average molecular weight is 805 g/mol. The number of nitrogens with zero attached hydrogens (tertiary/aromatic N) is 1. The SMILES string of the molecule is CC/C=C\C/C=C\C/C=C\C/C=C\C/C=C\CCCCCCCCCCCCCCCCCC(=O)NC(COP(=O)([O-])OCC[N+](C)(C)C)C(O)/C=C/CCC. The summed E-state index contributed by atoms with van der Waals surface area (Å²) in [5, 5.41) is 13.4. The van der Waals surface area contributed by atoms with E-state index in [1.807, 2.05) is 34.1 Å². The van der Waals surface area contributed by atoms with Crippen molar-refractivity contribution >= 4 is 13.7 Å². The van der Waals surface area contributed by atoms with Crippen LogP contribution in [0.4, 0.5) is 0 Å². The Balaban J connectivity index is 3.83. The minimum absolute atomic E-state index is 0.00503. The predicted molar refractivity (Wildman–Crippen MR) is 237 cm³/mol. The first-order chi connectivity index (χ1) is 27.0. The van der Waals surface area contributed by atoms with Crippen LogP contribution in [0.5, 0.6) is 0 Å². The smallest absolute Gasteiger partial charge is 0.268 e. The van der Waals surface area contributed by atoms with Gasteiger partial charge < -0.3 is 28.8 Å². The molecule has 3 unspecified atom stereocenters. The minimum Gasteiger partial charge on any atom is -0.756 e. The van der Waals surface area contributed by atoms with Crippen molar-refractivity contribution in [2.45, 2.75) is 180 Å². The molecule has 0 aromatic rings. The van der Waals surface area contributed by atoms with Gasteiger partial charge >= 0.3 is 0 Å². The molecule has 0 bridgehead atoms. The largest absolute Gasteiger partial charge is 0.756 e. The summed E-state index contributed by atoms with van der Waals surface area (Å²) in [5.74, 6) is -0.213. The third kappa shape index (κ3) is 40.1. The summed E-state index contributed by atoms with van der Waals surface area (Å²) in [6, 6.07) is -0.884. The number of aliphatic hydroxyl groups is 1. The van der Waals surface area contributed by atoms with Crippen LogP contribution in [0.1, 0.15) is 168 Å². The van der Waals surface area contributed by atoms with Crippen LogP contribution in [-0.4, -0.2) is 68.5 Å². The molecule has 0 radical (unpaired) electrons. The maximum absolute atomic E-state index is 12.7. The van der Waals surface area contributed by atoms with Gasteiger partial charge in [0.1, 0.15) is 13.2 Å². The monoisotopic (exact) mass is 805 g/mol. The van der Waals surface area contributed by atoms with Crippen molar-refractivity contribution in [3.05, 3.63) is 72.9 Å². The highest BCUT2D eigenvalue weighted by Crippen LogP contribution is 2.38. The summed E-state index contributed by atoms with van der Waals surface area (Å²) >= 11 is 0. The van der Waals surface area contributed by atoms with Crippen molar-refractivity contribution in [3.63, 3.8) is 0 Å². The number of phosphoric ester groups is 1. The van der Waals surface area contributed by atoms with E-state index in [4.69, 9.17) is 9.05 Å². The molecule has 0 rings (SSSR count). The lowest BCUT2D eigenvalue weighted by Gasteiger charge is -2.29. The molecule has 8 nitrogen and oxygen atoms in total. The summed E-state index contributed by atoms with van der Waals surface area (Å²) in [6.07, 6.45) is 52.0. The second-order valence-electron chi connectivity index (χ2n) is 16.0. The maximum Gasteiger partial charge on any atom is 0.268 e. The highest BCUT2D eigenvalue weighted by Gasteiger charge is 2.23. The quantitative estimate of drug-likeness (QED) is 0.0277. The van der Waals surface area contributed by atoms with Gasteiger partial charge in [0, 0.05) is 6.42 Å². The van der Waals surface area contributed by atoms with Crippen molar-refractivity contribution in [2.24, 2.45) is 0 Å². The lowest BCUT2D eigenvalue weighted by atomic mass is 10.0. The zero-order valence-electron chi connectivity index (χ0n) is 36.6. The van der Waals surface area contributed by atoms with Crippen LogP contribution in [0.15, 0.2) is 72.9 Å². The number of carbonyl (C=O) groups excluding carboxylic acids is 1. The molecule has 1 amide bonds. The first-order valence-corrected chi connectivity index (χ1v) is 23.8. The van der Waals surface area contributed by atoms with Crippen molar-refractivity contribution in [3.8, 4) is 0 Å². The van der Waals surface area contributed by atoms with Crippen molar-refractivity contribution in [2.75, 3.05) is 40.9 Å². The van der Waals surface area contributed by atoms with E-state index in [0.717, 1.165) is 64.2 Å². The fourth-order valence-corrected chi connectivity index (χ4v) is 6.61. The van der Waals surface area contributed by atoms with Gasteiger partial charge in [-0.05, 0) is 57.8 Å². The van der Waals surface area contributed by atoms with Crippen LogP contribution < -0.4 is 10.2 Å². The molecular weight excluding hydrogens is 719 g/mol. The molecule has 0 fully saturated rings. The van der Waals surface area contributed by atoms with Gasteiger partial charge in [0.25, 0.3) is 7.82 Å². The molecule has 0 saturated heterocycles. The number of nitrogens with one attached hydrogen (secondary N) is 1. The van der Waals surface area contributed by atoms with Crippen LogP contribution in [0.2, 0.25) is 0 Å². The van der Waals surface area contributed by atoms with Crippen LogP contribution in [0.3, 0.4) is 0 Å². The number of aliphatic hydroxyl groups excluding tert-OH is 1. The Morgan fingerprint density at radius 3 is 1.55 bits per heavy atom. The Labute approximate surface area is 344 Å². The first kappa shape index (κ1) is 53.9. The number of carbonyl (C=O) groups is 1. The number of phosphoric acid groups is 1. The van der Waals surface area contributed by atoms with Crippen LogP contribution >= 0.6 is 7.82 Å². The number of allylic oxidation sites excluding steroid dienone is 11. The lowest BCUT2D eigenvalue weighted by Crippen LogP contribution is -2.45. The Morgan fingerprint density at radius 1 is 0.643 bits per heavy atom. The normalized spacial score (nSPS) is 15.1. The van der Waals surface area contributed by atoms with Gasteiger partial charge in [-0.2, -0.15) is 0 Å². The Kier molecular flexibility index (Phi) is 37.0. The van der Waals surface area contributed by atoms with E-state index >= 15 is 0 Å². The van der Waals surface area contributed by atoms with E-state index in [1.54, 1.807) is 6.08 Å². The zero-order chi connectivity index (χ0) is 41.4. The van der Waals surface area contributed by atoms with Gasteiger partial charge in [0.05, 0.1) is 39.9 Å². The molecule has 0 heterocycles. The average Bonchev–Trinajstić information content (AvgIpc) is 3.15. The fraction of sp³-hybridized carbons (Fsp3) is 0.723. The number of unbranched alkanes of at least 4 members (excludes halogenated alkanes) is 16. The Hall–Kier alpha value is -2.06. The number of rotatable bonds is 39. The third-order valence-electron chi connectivity index (χ3n) is 9.40. The number of likely N-dealkylation sites (N-methyl/N-ethyl adjacent to an activating group) is 1. The van der Waals surface area contributed by atoms with E-state index in [1.165, 1.54) is 83.5 Å². The molecule has 2 N–H and O–H groups in total. The second kappa shape index (κ2) is 38.5. The van der Waals surface area contributed by atoms with Gasteiger partial charge in [0.2, 0.25) is 5.91 Å². The lowest BCUT2D eigenvalue weighted by molar-refractivity contribution is -0.870. The number of quaternary nitrogens is 1. The van der Waals surface area contributed by atoms with Gasteiger partial charge in [-0.25, -0.2) is 0 Å². The summed E-state index contributed by atoms with van der Waals surface area (Å²) in [6.45, 7) is 4.29. The molecule has 0 spiro atoms. The molecule has 324 valence electrons. The second-order valence-corrected chi connectivity index (χ2v) is 17.4. The fourth-order valence-electron chi connectivity index (χ4n) is 5.89. The minimum atomic E-state index is -4.56. The first-order valence-electron chi connectivity index (χ1n) is 22.3. The molecule has 3 atom stereocenters. The molecule has 0 aromatic carbocycles. The molecule has 0 aliphatic carbocycles. The Morgan fingerprint density at radius 2 is 1.09 bits per heavy atom. The molecular formula is C47H85N2O6P. The van der Waals surface area contributed by atoms with Gasteiger partial charge in [0.15, 0.2) is 0 Å². The number of hydrogen-bond acceptors (Lipinski definition) is 6. The van der Waals surface area contributed by atoms with Crippen LogP contribution in [0, 0.1) is 0 Å². The summed E-state index contributed by atoms with van der Waals surface area (Å²) in [7, 11) is 1.24. The summed E-state index contributed by atoms with van der Waals surface area (Å²) in [5.41, 5.74) is 0. The van der Waals surface area contributed by atoms with Gasteiger partial charge in [-0.3, -0.25) is 9.36 Å². The summed E-state index contributed by atoms with van der Waals surface area (Å²) < 4.78 is 22.9. The molecule has 56 heavy (non-hydrogen) atoms. The number of hydrogen-bond donors (Lipinski definition) is 2. The van der Waals surface area contributed by atoms with Crippen molar-refractivity contribution in [1.82, 2.24) is 5.32 Å². The van der Waals surface area contributed by atoms with E-state index in [2.05, 4.69) is 73.0 Å². The van der Waals surface area contributed by atoms with E-state index in [-0.39, 0.29) is 19.1 Å². The standard InChI is InChI=1S/C47H85N2O6P/c1-6-8-10-11-12-13-14-15-16-17-18-19-20-21-22-23-24-25-26-27-28-29-30-31-32-33-34-35-36-37-39-41-47(51)48-45(46(50)40-38-9-7-2)44-55-56(52,53)54-43-42-49(3,4)5/h8,10,12-13,15-16,18-19,21-22,38,40,45-46,50H,6-7,9,11,14,17,20,23-37,39,41-44H2,1-5H3,(H-,48,51,52,53)/b10-8-,13-12-,16-15-,19-18-,22-21-,40-38+. The topological polar surface area (TPSA) is 108 Å². The van der Waals surface area contributed by atoms with E-state index < -0.39 is 20.0 Å².